The molecule has 1 saturated heterocycles. The molecule has 1 fully saturated rings. The van der Waals surface area contributed by atoms with Crippen LogP contribution in [0.15, 0.2) is 64.6 Å². The first-order valence-electron chi connectivity index (χ1n) is 8.59. The molecule has 2 N–H and O–H groups in total. The number of nitrogens with one attached hydrogen (secondary N) is 1. The molecule has 4 rings (SSSR count). The molecule has 0 radical (unpaired) electrons. The minimum Gasteiger partial charge on any atom is -0.478 e. The standard InChI is InChI=1S/C21H12ClFN2O5/c22-16-9-13(5-7-17(16)23)25-20(27)15(19(26)24-25)10-14-6-8-18(30-14)11-1-3-12(4-2-11)21(28)29/h1-10H,(H,24,26)(H,28,29)/b15-10-. The van der Waals surface area contributed by atoms with Crippen LogP contribution >= 0.6 is 11.6 Å². The molecule has 0 atom stereocenters. The van der Waals surface area contributed by atoms with Crippen molar-refractivity contribution in [2.75, 3.05) is 5.01 Å². The molecular weight excluding hydrogens is 415 g/mol. The summed E-state index contributed by atoms with van der Waals surface area (Å²) >= 11 is 5.74. The molecule has 9 heteroatoms. The molecule has 30 heavy (non-hydrogen) atoms. The molecule has 7 nitrogen and oxygen atoms in total. The Morgan fingerprint density at radius 3 is 2.50 bits per heavy atom. The molecule has 0 bridgehead atoms. The normalized spacial score (nSPS) is 15.0. The van der Waals surface area contributed by atoms with E-state index in [2.05, 4.69) is 5.43 Å². The van der Waals surface area contributed by atoms with E-state index < -0.39 is 23.6 Å². The minimum atomic E-state index is -1.04. The van der Waals surface area contributed by atoms with Gasteiger partial charge < -0.3 is 9.52 Å². The zero-order chi connectivity index (χ0) is 21.4. The Bertz CT molecular complexity index is 1220. The lowest BCUT2D eigenvalue weighted by molar-refractivity contribution is -0.117. The van der Waals surface area contributed by atoms with E-state index in [0.717, 1.165) is 11.1 Å². The smallest absolute Gasteiger partial charge is 0.335 e. The number of hydrazine groups is 1. The molecule has 2 aromatic carbocycles. The van der Waals surface area contributed by atoms with E-state index in [9.17, 15) is 18.8 Å². The Labute approximate surface area is 173 Å². The van der Waals surface area contributed by atoms with Crippen LogP contribution in [0.25, 0.3) is 17.4 Å². The van der Waals surface area contributed by atoms with Crippen molar-refractivity contribution in [3.63, 3.8) is 0 Å². The van der Waals surface area contributed by atoms with Gasteiger partial charge in [-0.2, -0.15) is 0 Å². The van der Waals surface area contributed by atoms with E-state index >= 15 is 0 Å². The van der Waals surface area contributed by atoms with E-state index in [0.29, 0.717) is 11.3 Å². The van der Waals surface area contributed by atoms with Crippen molar-refractivity contribution < 1.29 is 28.3 Å². The fraction of sp³-hybridized carbons (Fsp3) is 0. The maximum Gasteiger partial charge on any atom is 0.335 e. The van der Waals surface area contributed by atoms with Crippen molar-refractivity contribution in [3.05, 3.63) is 82.3 Å². The lowest BCUT2D eigenvalue weighted by Crippen LogP contribution is -2.35. The molecule has 0 saturated carbocycles. The van der Waals surface area contributed by atoms with Gasteiger partial charge in [0.1, 0.15) is 22.9 Å². The summed E-state index contributed by atoms with van der Waals surface area (Å²) < 4.78 is 19.0. The van der Waals surface area contributed by atoms with Crippen molar-refractivity contribution in [2.24, 2.45) is 0 Å². The Kier molecular flexibility index (Phi) is 4.85. The maximum atomic E-state index is 13.4. The van der Waals surface area contributed by atoms with E-state index in [-0.39, 0.29) is 27.6 Å². The summed E-state index contributed by atoms with van der Waals surface area (Å²) in [5.74, 6) is -2.29. The molecule has 2 amide bonds. The molecule has 0 spiro atoms. The van der Waals surface area contributed by atoms with Crippen molar-refractivity contribution in [1.29, 1.82) is 0 Å². The number of rotatable bonds is 4. The van der Waals surface area contributed by atoms with Gasteiger partial charge in [-0.15, -0.1) is 0 Å². The first-order valence-corrected chi connectivity index (χ1v) is 8.97. The Balaban J connectivity index is 1.59. The van der Waals surface area contributed by atoms with E-state index in [1.807, 2.05) is 0 Å². The van der Waals surface area contributed by atoms with Gasteiger partial charge in [0.15, 0.2) is 0 Å². The highest BCUT2D eigenvalue weighted by atomic mass is 35.5. The van der Waals surface area contributed by atoms with Crippen LogP contribution in [0.3, 0.4) is 0 Å². The van der Waals surface area contributed by atoms with Gasteiger partial charge in [-0.3, -0.25) is 15.0 Å². The summed E-state index contributed by atoms with van der Waals surface area (Å²) in [5, 5.41) is 9.74. The number of carboxylic acid groups (broad SMARTS) is 1. The van der Waals surface area contributed by atoms with E-state index in [1.54, 1.807) is 24.3 Å². The number of hydrogen-bond donors (Lipinski definition) is 2. The maximum absolute atomic E-state index is 13.4. The van der Waals surface area contributed by atoms with Gasteiger partial charge >= 0.3 is 5.97 Å². The van der Waals surface area contributed by atoms with Crippen LogP contribution < -0.4 is 10.4 Å². The number of halogens is 2. The second-order valence-corrected chi connectivity index (χ2v) is 6.73. The fourth-order valence-electron chi connectivity index (χ4n) is 2.87. The van der Waals surface area contributed by atoms with E-state index in [4.69, 9.17) is 21.1 Å². The summed E-state index contributed by atoms with van der Waals surface area (Å²) in [7, 11) is 0. The number of hydrogen-bond acceptors (Lipinski definition) is 4. The number of aromatic carboxylic acids is 1. The van der Waals surface area contributed by atoms with Crippen LogP contribution in [0.5, 0.6) is 0 Å². The van der Waals surface area contributed by atoms with Crippen molar-refractivity contribution >= 4 is 41.1 Å². The average molecular weight is 427 g/mol. The van der Waals surface area contributed by atoms with Gasteiger partial charge in [-0.05, 0) is 48.5 Å². The lowest BCUT2D eigenvalue weighted by atomic mass is 10.1. The van der Waals surface area contributed by atoms with Gasteiger partial charge in [-0.25, -0.2) is 14.2 Å². The summed E-state index contributed by atoms with van der Waals surface area (Å²) in [6, 6.07) is 12.9. The number of nitrogens with zero attached hydrogens (tertiary/aromatic N) is 1. The highest BCUT2D eigenvalue weighted by Gasteiger charge is 2.35. The predicted octanol–water partition coefficient (Wildman–Crippen LogP) is 3.90. The number of amides is 2. The number of carbonyl (C=O) groups excluding carboxylic acids is 2. The second-order valence-electron chi connectivity index (χ2n) is 6.32. The number of furan rings is 1. The van der Waals surface area contributed by atoms with Crippen molar-refractivity contribution in [2.45, 2.75) is 0 Å². The lowest BCUT2D eigenvalue weighted by Gasteiger charge is -2.14. The largest absolute Gasteiger partial charge is 0.478 e. The molecule has 150 valence electrons. The summed E-state index contributed by atoms with van der Waals surface area (Å²) in [6.45, 7) is 0. The second kappa shape index (κ2) is 7.49. The van der Waals surface area contributed by atoms with Crippen LogP contribution in [-0.4, -0.2) is 22.9 Å². The van der Waals surface area contributed by atoms with Crippen LogP contribution in [0.1, 0.15) is 16.1 Å². The molecule has 0 unspecified atom stereocenters. The summed E-state index contributed by atoms with van der Waals surface area (Å²) in [5.41, 5.74) is 3.21. The third-order valence-electron chi connectivity index (χ3n) is 4.38. The minimum absolute atomic E-state index is 0.141. The molecule has 1 aliphatic rings. The van der Waals surface area contributed by atoms with Gasteiger partial charge in [0.2, 0.25) is 0 Å². The average Bonchev–Trinajstić information content (AvgIpc) is 3.30. The van der Waals surface area contributed by atoms with Crippen LogP contribution in [0.4, 0.5) is 10.1 Å². The van der Waals surface area contributed by atoms with Crippen LogP contribution in [0.2, 0.25) is 5.02 Å². The SMILES string of the molecule is O=C1NN(c2ccc(F)c(Cl)c2)C(=O)/C1=C\c1ccc(-c2ccc(C(=O)O)cc2)o1. The monoisotopic (exact) mass is 426 g/mol. The molecule has 2 heterocycles. The highest BCUT2D eigenvalue weighted by molar-refractivity contribution is 6.33. The Morgan fingerprint density at radius 2 is 1.83 bits per heavy atom. The molecular formula is C21H12ClFN2O5. The fourth-order valence-corrected chi connectivity index (χ4v) is 3.04. The van der Waals surface area contributed by atoms with Crippen molar-refractivity contribution in [1.82, 2.24) is 5.43 Å². The predicted molar refractivity (Wildman–Crippen MR) is 106 cm³/mol. The van der Waals surface area contributed by atoms with Gasteiger partial charge in [0, 0.05) is 5.56 Å². The summed E-state index contributed by atoms with van der Waals surface area (Å²) in [4.78, 5) is 35.8. The number of benzene rings is 2. The first-order chi connectivity index (χ1) is 14.3. The zero-order valence-electron chi connectivity index (χ0n) is 15.1. The quantitative estimate of drug-likeness (QED) is 0.487. The van der Waals surface area contributed by atoms with Gasteiger partial charge in [-0.1, -0.05) is 23.7 Å². The number of carboxylic acids is 1. The zero-order valence-corrected chi connectivity index (χ0v) is 15.8. The Hall–Kier alpha value is -3.91. The van der Waals surface area contributed by atoms with Crippen LogP contribution in [-0.2, 0) is 9.59 Å². The van der Waals surface area contributed by atoms with Crippen molar-refractivity contribution in [3.8, 4) is 11.3 Å². The third-order valence-corrected chi connectivity index (χ3v) is 4.67. The first kappa shape index (κ1) is 19.4. The molecule has 0 aliphatic carbocycles. The topological polar surface area (TPSA) is 99.9 Å². The van der Waals surface area contributed by atoms with Gasteiger partial charge in [0.25, 0.3) is 11.8 Å². The molecule has 1 aromatic heterocycles. The molecule has 1 aliphatic heterocycles. The Morgan fingerprint density at radius 1 is 1.10 bits per heavy atom. The summed E-state index contributed by atoms with van der Waals surface area (Å²) in [6.07, 6.45) is 1.29. The highest BCUT2D eigenvalue weighted by Crippen LogP contribution is 2.28. The number of anilines is 1. The van der Waals surface area contributed by atoms with E-state index in [1.165, 1.54) is 30.3 Å². The van der Waals surface area contributed by atoms with Crippen LogP contribution in [0, 0.1) is 5.82 Å². The number of carbonyl (C=O) groups is 3. The third kappa shape index (κ3) is 3.56. The van der Waals surface area contributed by atoms with Gasteiger partial charge in [0.05, 0.1) is 16.3 Å². The molecule has 3 aromatic rings.